The third kappa shape index (κ3) is 5.09. The van der Waals surface area contributed by atoms with E-state index >= 15 is 0 Å². The quantitative estimate of drug-likeness (QED) is 0.207. The first-order valence-corrected chi connectivity index (χ1v) is 14.0. The number of fused-ring (bicyclic) bond motifs is 2. The van der Waals surface area contributed by atoms with Gasteiger partial charge in [-0.05, 0) is 61.2 Å². The Balaban J connectivity index is 1.59. The van der Waals surface area contributed by atoms with Crippen LogP contribution < -0.4 is 11.0 Å². The van der Waals surface area contributed by atoms with Crippen molar-refractivity contribution in [1.82, 2.24) is 14.0 Å². The molecule has 1 saturated carbocycles. The molecule has 5 aromatic rings. The Morgan fingerprint density at radius 3 is 2.37 bits per heavy atom. The number of hydrogen-bond donors (Lipinski definition) is 0. The molecule has 0 bridgehead atoms. The average Bonchev–Trinajstić information content (AvgIpc) is 3.02. The molecular formula is C33H30N4O4. The van der Waals surface area contributed by atoms with Crippen LogP contribution in [0.2, 0.25) is 0 Å². The van der Waals surface area contributed by atoms with Gasteiger partial charge < -0.3 is 9.30 Å². The summed E-state index contributed by atoms with van der Waals surface area (Å²) in [7, 11) is 0. The number of benzene rings is 2. The minimum absolute atomic E-state index is 0.0777. The van der Waals surface area contributed by atoms with E-state index in [1.807, 2.05) is 53.1 Å². The Kier molecular flexibility index (Phi) is 7.29. The largest absolute Gasteiger partial charge is 0.462 e. The molecule has 0 N–H and O–H groups in total. The fraction of sp³-hybridized carbons (Fsp3) is 0.242. The molecule has 0 aliphatic heterocycles. The van der Waals surface area contributed by atoms with Gasteiger partial charge in [0, 0.05) is 17.8 Å². The lowest BCUT2D eigenvalue weighted by Gasteiger charge is -2.27. The van der Waals surface area contributed by atoms with Gasteiger partial charge in [-0.3, -0.25) is 14.0 Å². The zero-order chi connectivity index (χ0) is 28.3. The van der Waals surface area contributed by atoms with Gasteiger partial charge in [-0.15, -0.1) is 0 Å². The summed E-state index contributed by atoms with van der Waals surface area (Å²) >= 11 is 0. The molecule has 2 aromatic carbocycles. The molecular weight excluding hydrogens is 516 g/mol. The summed E-state index contributed by atoms with van der Waals surface area (Å²) in [5, 5.41) is 0.279. The van der Waals surface area contributed by atoms with Crippen LogP contribution in [0.3, 0.4) is 0 Å². The first-order chi connectivity index (χ1) is 20.0. The SMILES string of the molecule is CCOC(=O)c1cc2c(=O)n3ccccc3nc2n(C2CCCCC2)c1=NC(=O)c1ccc(-c2ccccc2)cc1. The number of rotatable bonds is 5. The molecule has 3 heterocycles. The third-order valence-corrected chi connectivity index (χ3v) is 7.62. The maximum Gasteiger partial charge on any atom is 0.341 e. The van der Waals surface area contributed by atoms with Gasteiger partial charge in [0.1, 0.15) is 16.9 Å². The van der Waals surface area contributed by atoms with E-state index in [4.69, 9.17) is 9.72 Å². The van der Waals surface area contributed by atoms with Crippen molar-refractivity contribution < 1.29 is 14.3 Å². The zero-order valence-electron chi connectivity index (χ0n) is 22.8. The van der Waals surface area contributed by atoms with Crippen LogP contribution in [0.4, 0.5) is 0 Å². The van der Waals surface area contributed by atoms with Crippen molar-refractivity contribution in [1.29, 1.82) is 0 Å². The second-order valence-electron chi connectivity index (χ2n) is 10.2. The molecule has 1 aliphatic carbocycles. The van der Waals surface area contributed by atoms with E-state index in [1.165, 1.54) is 10.5 Å². The molecule has 1 aliphatic rings. The van der Waals surface area contributed by atoms with Crippen molar-refractivity contribution >= 4 is 28.6 Å². The lowest BCUT2D eigenvalue weighted by Crippen LogP contribution is -2.35. The monoisotopic (exact) mass is 546 g/mol. The first kappa shape index (κ1) is 26.4. The molecule has 8 heteroatoms. The van der Waals surface area contributed by atoms with Gasteiger partial charge in [-0.25, -0.2) is 9.78 Å². The van der Waals surface area contributed by atoms with E-state index in [1.54, 1.807) is 37.4 Å². The summed E-state index contributed by atoms with van der Waals surface area (Å²) in [6.07, 6.45) is 6.38. The third-order valence-electron chi connectivity index (χ3n) is 7.62. The molecule has 8 nitrogen and oxygen atoms in total. The summed E-state index contributed by atoms with van der Waals surface area (Å²) in [6, 6.07) is 23.9. The second-order valence-corrected chi connectivity index (χ2v) is 10.2. The zero-order valence-corrected chi connectivity index (χ0v) is 22.8. The number of pyridine rings is 2. The van der Waals surface area contributed by atoms with E-state index in [9.17, 15) is 14.4 Å². The lowest BCUT2D eigenvalue weighted by molar-refractivity contribution is 0.0523. The van der Waals surface area contributed by atoms with Crippen molar-refractivity contribution in [3.8, 4) is 11.1 Å². The van der Waals surface area contributed by atoms with Crippen molar-refractivity contribution in [3.05, 3.63) is 112 Å². The molecule has 6 rings (SSSR count). The van der Waals surface area contributed by atoms with Crippen LogP contribution in [0.15, 0.2) is 94.8 Å². The summed E-state index contributed by atoms with van der Waals surface area (Å²) in [5.41, 5.74) is 3.26. The van der Waals surface area contributed by atoms with Crippen LogP contribution in [0.1, 0.15) is 65.8 Å². The first-order valence-electron chi connectivity index (χ1n) is 14.0. The second kappa shape index (κ2) is 11.3. The van der Waals surface area contributed by atoms with Gasteiger partial charge in [0.05, 0.1) is 12.0 Å². The van der Waals surface area contributed by atoms with Gasteiger partial charge in [-0.1, -0.05) is 67.8 Å². The minimum Gasteiger partial charge on any atom is -0.462 e. The van der Waals surface area contributed by atoms with Gasteiger partial charge in [0.15, 0.2) is 5.49 Å². The molecule has 0 atom stereocenters. The number of nitrogens with zero attached hydrogens (tertiary/aromatic N) is 4. The van der Waals surface area contributed by atoms with Crippen LogP contribution in [0, 0.1) is 0 Å². The number of carbonyl (C=O) groups excluding carboxylic acids is 2. The van der Waals surface area contributed by atoms with E-state index in [0.29, 0.717) is 16.9 Å². The number of carbonyl (C=O) groups is 2. The summed E-state index contributed by atoms with van der Waals surface area (Å²) in [4.78, 5) is 49.9. The molecule has 0 saturated heterocycles. The van der Waals surface area contributed by atoms with Crippen LogP contribution in [-0.4, -0.2) is 32.4 Å². The molecule has 0 spiro atoms. The fourth-order valence-corrected chi connectivity index (χ4v) is 5.59. The number of amides is 1. The number of hydrogen-bond acceptors (Lipinski definition) is 5. The number of esters is 1. The van der Waals surface area contributed by atoms with E-state index < -0.39 is 11.9 Å². The summed E-state index contributed by atoms with van der Waals surface area (Å²) in [5.74, 6) is -1.13. The average molecular weight is 547 g/mol. The molecule has 1 fully saturated rings. The summed E-state index contributed by atoms with van der Waals surface area (Å²) in [6.45, 7) is 1.86. The predicted molar refractivity (Wildman–Crippen MR) is 157 cm³/mol. The van der Waals surface area contributed by atoms with Crippen molar-refractivity contribution in [3.63, 3.8) is 0 Å². The Labute approximate surface area is 236 Å². The molecule has 0 unspecified atom stereocenters. The van der Waals surface area contributed by atoms with E-state index in [2.05, 4.69) is 4.99 Å². The molecule has 3 aromatic heterocycles. The standard InChI is InChI=1S/C33H30N4O4/c1-2-41-33(40)27-21-26-29(34-28-15-9-10-20-36(28)32(26)39)37(25-13-7-4-8-14-25)30(27)35-31(38)24-18-16-23(17-19-24)22-11-5-3-6-12-22/h3,5-6,9-12,15-21,25H,2,4,7-8,13-14H2,1H3. The van der Waals surface area contributed by atoms with Crippen molar-refractivity contribution in [2.24, 2.45) is 4.99 Å². The van der Waals surface area contributed by atoms with Crippen LogP contribution >= 0.6 is 0 Å². The van der Waals surface area contributed by atoms with E-state index in [0.717, 1.165) is 43.2 Å². The summed E-state index contributed by atoms with van der Waals surface area (Å²) < 4.78 is 8.68. The highest BCUT2D eigenvalue weighted by Gasteiger charge is 2.25. The van der Waals surface area contributed by atoms with Crippen LogP contribution in [-0.2, 0) is 4.74 Å². The lowest BCUT2D eigenvalue weighted by atomic mass is 9.94. The normalized spacial score (nSPS) is 14.4. The predicted octanol–water partition coefficient (Wildman–Crippen LogP) is 5.74. The number of aromatic nitrogens is 3. The molecule has 41 heavy (non-hydrogen) atoms. The topological polar surface area (TPSA) is 95.0 Å². The Morgan fingerprint density at radius 1 is 0.927 bits per heavy atom. The van der Waals surface area contributed by atoms with Gasteiger partial charge in [0.2, 0.25) is 0 Å². The van der Waals surface area contributed by atoms with Crippen molar-refractivity contribution in [2.75, 3.05) is 6.61 Å². The minimum atomic E-state index is -0.637. The van der Waals surface area contributed by atoms with Crippen LogP contribution in [0.25, 0.3) is 27.8 Å². The van der Waals surface area contributed by atoms with Gasteiger partial charge >= 0.3 is 5.97 Å². The maximum absolute atomic E-state index is 13.6. The highest BCUT2D eigenvalue weighted by Crippen LogP contribution is 2.29. The highest BCUT2D eigenvalue weighted by atomic mass is 16.5. The fourth-order valence-electron chi connectivity index (χ4n) is 5.59. The number of ether oxygens (including phenoxy) is 1. The maximum atomic E-state index is 13.6. The van der Waals surface area contributed by atoms with Crippen molar-refractivity contribution in [2.45, 2.75) is 45.1 Å². The van der Waals surface area contributed by atoms with E-state index in [-0.39, 0.29) is 34.6 Å². The van der Waals surface area contributed by atoms with Gasteiger partial charge in [0.25, 0.3) is 11.5 Å². The van der Waals surface area contributed by atoms with Gasteiger partial charge in [-0.2, -0.15) is 4.99 Å². The molecule has 206 valence electrons. The Hall–Kier alpha value is -4.85. The highest BCUT2D eigenvalue weighted by molar-refractivity contribution is 5.97. The molecule has 0 radical (unpaired) electrons. The Morgan fingerprint density at radius 2 is 1.63 bits per heavy atom. The smallest absolute Gasteiger partial charge is 0.341 e. The van der Waals surface area contributed by atoms with Crippen LogP contribution in [0.5, 0.6) is 0 Å². The molecule has 1 amide bonds. The Bertz CT molecular complexity index is 1880.